The van der Waals surface area contributed by atoms with Gasteiger partial charge in [0.15, 0.2) is 40.8 Å². The van der Waals surface area contributed by atoms with E-state index < -0.39 is 41.7 Å². The molecule has 0 spiro atoms. The molecule has 0 bridgehead atoms. The molecule has 9 aliphatic rings. The molecule has 7 aromatic rings. The third-order valence-corrected chi connectivity index (χ3v) is 19.6. The van der Waals surface area contributed by atoms with Gasteiger partial charge < -0.3 is 86.1 Å². The third-order valence-electron chi connectivity index (χ3n) is 19.6. The Morgan fingerprint density at radius 1 is 0.380 bits per heavy atom. The maximum absolute atomic E-state index is 12.9. The molecule has 0 aliphatic carbocycles. The lowest BCUT2D eigenvalue weighted by Crippen LogP contribution is -2.53. The molecule has 108 heavy (non-hydrogen) atoms. The van der Waals surface area contributed by atoms with Crippen LogP contribution in [-0.4, -0.2) is 195 Å². The van der Waals surface area contributed by atoms with E-state index in [2.05, 4.69) is 63.1 Å². The highest BCUT2D eigenvalue weighted by molar-refractivity contribution is 5.71. The van der Waals surface area contributed by atoms with Crippen LogP contribution in [0.2, 0.25) is 0 Å². The molecular formula is C75H75F6N7O20. The van der Waals surface area contributed by atoms with Gasteiger partial charge in [-0.15, -0.1) is 0 Å². The van der Waals surface area contributed by atoms with Gasteiger partial charge in [-0.3, -0.25) is 24.8 Å². The van der Waals surface area contributed by atoms with Crippen molar-refractivity contribution in [2.75, 3.05) is 119 Å². The molecular weight excluding hydrogens is 1430 g/mol. The normalized spacial score (nSPS) is 18.0. The van der Waals surface area contributed by atoms with Crippen LogP contribution in [-0.2, 0) is 72.8 Å². The molecule has 0 unspecified atom stereocenters. The summed E-state index contributed by atoms with van der Waals surface area (Å²) in [5, 5.41) is 20.2. The lowest BCUT2D eigenvalue weighted by molar-refractivity contribution is -0.384. The van der Waals surface area contributed by atoms with E-state index in [9.17, 15) is 55.9 Å². The van der Waals surface area contributed by atoms with Gasteiger partial charge in [0, 0.05) is 124 Å². The van der Waals surface area contributed by atoms with Gasteiger partial charge in [-0.1, -0.05) is 36.4 Å². The van der Waals surface area contributed by atoms with Crippen molar-refractivity contribution in [2.24, 2.45) is 0 Å². The highest BCUT2D eigenvalue weighted by atomic mass is 19.4. The van der Waals surface area contributed by atoms with Crippen LogP contribution in [0, 0.1) is 10.1 Å². The average molecular weight is 1510 g/mol. The van der Waals surface area contributed by atoms with Crippen molar-refractivity contribution >= 4 is 24.0 Å². The van der Waals surface area contributed by atoms with Crippen molar-refractivity contribution in [1.82, 2.24) is 29.4 Å². The van der Waals surface area contributed by atoms with Gasteiger partial charge in [-0.2, -0.15) is 26.3 Å². The number of ether oxygens (including phenoxy) is 14. The summed E-state index contributed by atoms with van der Waals surface area (Å²) in [5.41, 5.74) is 11.8. The summed E-state index contributed by atoms with van der Waals surface area (Å²) < 4.78 is 153. The second kappa shape index (κ2) is 33.1. The number of hydrogen-bond acceptors (Lipinski definition) is 22. The number of carbonyl (C=O) groups excluding carboxylic acids is 2. The number of halogens is 6. The van der Waals surface area contributed by atoms with E-state index in [4.69, 9.17) is 61.6 Å². The molecule has 0 atom stereocenters. The Balaban J connectivity index is 0.000000137. The zero-order valence-corrected chi connectivity index (χ0v) is 58.1. The number of piperazine rings is 3. The van der Waals surface area contributed by atoms with E-state index in [1.165, 1.54) is 29.2 Å². The van der Waals surface area contributed by atoms with E-state index in [-0.39, 0.29) is 96.5 Å². The molecule has 572 valence electrons. The summed E-state index contributed by atoms with van der Waals surface area (Å²) in [7, 11) is 0. The molecule has 0 radical (unpaired) electrons. The summed E-state index contributed by atoms with van der Waals surface area (Å²) >= 11 is 0. The van der Waals surface area contributed by atoms with Crippen LogP contribution in [0.3, 0.4) is 0 Å². The molecule has 0 saturated carbocycles. The molecule has 16 rings (SSSR count). The molecule has 7 aromatic carbocycles. The number of benzene rings is 7. The van der Waals surface area contributed by atoms with Gasteiger partial charge in [-0.25, -0.2) is 14.4 Å². The fourth-order valence-electron chi connectivity index (χ4n) is 14.3. The van der Waals surface area contributed by atoms with E-state index >= 15 is 0 Å². The number of nitrogens with zero attached hydrogens (tertiary/aromatic N) is 7. The SMILES string of the molecule is O=C(O)N1CCN(C(c2ccc3c(c2)COCO3)c2ccc3c(c2)COCO3)CC1.O=C(OC(C(F)(F)F)C(F)(F)F)N1CCN(C(c2ccc3c(c2)COCO3)c2ccc3c(c2)COCO3)CC1.O=C(Oc1ccc([N+](=O)[O-])cc1)N1CCN(C(c2ccc3c(c2)COCO3)c2ccc3c(c2)COCO3)CC1. The Labute approximate surface area is 614 Å². The average Bonchev–Trinajstić information content (AvgIpc) is 0.800. The number of hydrogen-bond donors (Lipinski definition) is 1. The van der Waals surface area contributed by atoms with Crippen LogP contribution in [0.25, 0.3) is 0 Å². The van der Waals surface area contributed by atoms with Crippen LogP contribution < -0.4 is 33.2 Å². The van der Waals surface area contributed by atoms with Gasteiger partial charge in [0.05, 0.1) is 62.7 Å². The number of nitro benzene ring substituents is 1. The minimum absolute atomic E-state index is 0.0135. The molecule has 9 aliphatic heterocycles. The Morgan fingerprint density at radius 3 is 0.889 bits per heavy atom. The topological polar surface area (TPSA) is 263 Å². The zero-order chi connectivity index (χ0) is 75.1. The number of fused-ring (bicyclic) bond motifs is 6. The number of alkyl halides is 6. The Kier molecular flexibility index (Phi) is 22.9. The Bertz CT molecular complexity index is 4190. The van der Waals surface area contributed by atoms with Gasteiger partial charge in [0.2, 0.25) is 0 Å². The zero-order valence-electron chi connectivity index (χ0n) is 58.1. The summed E-state index contributed by atoms with van der Waals surface area (Å²) in [4.78, 5) is 57.4. The van der Waals surface area contributed by atoms with E-state index in [0.717, 1.165) is 94.7 Å². The van der Waals surface area contributed by atoms with Crippen LogP contribution in [0.4, 0.5) is 46.4 Å². The number of carbonyl (C=O) groups is 3. The number of amides is 3. The molecule has 3 amide bonds. The van der Waals surface area contributed by atoms with E-state index in [1.54, 1.807) is 4.90 Å². The highest BCUT2D eigenvalue weighted by Gasteiger charge is 2.60. The second-order valence-corrected chi connectivity index (χ2v) is 26.4. The van der Waals surface area contributed by atoms with Crippen LogP contribution in [0.5, 0.6) is 40.2 Å². The molecule has 1 N–H and O–H groups in total. The highest BCUT2D eigenvalue weighted by Crippen LogP contribution is 2.42. The van der Waals surface area contributed by atoms with Crippen molar-refractivity contribution in [3.63, 3.8) is 0 Å². The van der Waals surface area contributed by atoms with Crippen LogP contribution in [0.1, 0.15) is 84.9 Å². The fraction of sp³-hybridized carbons (Fsp3) is 0.400. The van der Waals surface area contributed by atoms with Crippen LogP contribution >= 0.6 is 0 Å². The Morgan fingerprint density at radius 2 is 0.639 bits per heavy atom. The first-order chi connectivity index (χ1) is 52.2. The summed E-state index contributed by atoms with van der Waals surface area (Å²) in [6, 6.07) is 41.2. The van der Waals surface area contributed by atoms with Crippen molar-refractivity contribution < 1.29 is 117 Å². The lowest BCUT2D eigenvalue weighted by Gasteiger charge is -2.40. The number of non-ortho nitro benzene ring substituents is 1. The van der Waals surface area contributed by atoms with Crippen molar-refractivity contribution in [3.05, 3.63) is 210 Å². The first kappa shape index (κ1) is 74.6. The lowest BCUT2D eigenvalue weighted by atomic mass is 9.93. The fourth-order valence-corrected chi connectivity index (χ4v) is 14.3. The van der Waals surface area contributed by atoms with Gasteiger partial charge >= 0.3 is 30.6 Å². The van der Waals surface area contributed by atoms with Crippen molar-refractivity contribution in [1.29, 1.82) is 0 Å². The van der Waals surface area contributed by atoms with E-state index in [1.807, 2.05) is 65.6 Å². The summed E-state index contributed by atoms with van der Waals surface area (Å²) in [5.74, 6) is 5.01. The summed E-state index contributed by atoms with van der Waals surface area (Å²) in [6.07, 6.45) is -18.8. The first-order valence-corrected chi connectivity index (χ1v) is 34.7. The minimum atomic E-state index is -5.78. The molecule has 33 heteroatoms. The summed E-state index contributed by atoms with van der Waals surface area (Å²) in [6.45, 7) is 8.58. The van der Waals surface area contributed by atoms with Gasteiger partial charge in [0.1, 0.15) is 40.2 Å². The van der Waals surface area contributed by atoms with Crippen molar-refractivity contribution in [2.45, 2.75) is 76.2 Å². The third kappa shape index (κ3) is 17.5. The quantitative estimate of drug-likeness (QED) is 0.0677. The molecule has 0 aromatic heterocycles. The first-order valence-electron chi connectivity index (χ1n) is 34.7. The van der Waals surface area contributed by atoms with Gasteiger partial charge in [0.25, 0.3) is 11.8 Å². The molecule has 9 heterocycles. The maximum Gasteiger partial charge on any atom is 0.434 e. The minimum Gasteiger partial charge on any atom is -0.467 e. The van der Waals surface area contributed by atoms with Crippen LogP contribution in [0.15, 0.2) is 133 Å². The number of carboxylic acid groups (broad SMARTS) is 1. The molecule has 27 nitrogen and oxygen atoms in total. The van der Waals surface area contributed by atoms with E-state index in [0.29, 0.717) is 103 Å². The maximum atomic E-state index is 12.9. The number of rotatable bonds is 12. The Hall–Kier alpha value is -10.2. The van der Waals surface area contributed by atoms with Gasteiger partial charge in [-0.05, 0) is 118 Å². The predicted molar refractivity (Wildman–Crippen MR) is 365 cm³/mol. The van der Waals surface area contributed by atoms with Crippen molar-refractivity contribution in [3.8, 4) is 40.2 Å². The molecule has 3 saturated heterocycles. The second-order valence-electron chi connectivity index (χ2n) is 26.4. The predicted octanol–water partition coefficient (Wildman–Crippen LogP) is 11.8. The smallest absolute Gasteiger partial charge is 0.434 e. The number of nitro groups is 1. The largest absolute Gasteiger partial charge is 0.467 e. The monoisotopic (exact) mass is 1510 g/mol. The molecule has 3 fully saturated rings. The standard InChI is InChI=1S/C28H27N3O8.C25H24F6N2O6.C22H24N2O6/c32-28(39-24-5-3-23(4-6-24)31(33)34)30-11-9-29(10-12-30)27(19-1-7-25-21(13-19)15-35-17-37-25)20-2-8-26-22(14-20)16-36-18-38-26;26-24(27,28)22(25(29,30)31)39-23(34)33-7-5-32(6-8-33)21(15-1-3-19-17(9-15)11-35-13-37-19)16-2-4-20-18(10-16)12-36-14-38-20;25-22(26)24-7-5-23(6-8-24)21(15-1-3-19-17(9-15)11-27-13-29-19)16-2-4-20-18(10-16)12-28-14-30-20/h1-8,13-14,27H,9-12,15-18H2;1-4,9-10,21-22H,5-8,11-14H2;1-4,9-10,21H,5-8,11-14H2,(H,25,26).